The molecule has 17 rings (SSSR count). The van der Waals surface area contributed by atoms with Gasteiger partial charge in [-0.25, -0.2) is 0 Å². The Bertz CT molecular complexity index is 4860. The smallest absolute Gasteiger partial charge is 0.333 e. The van der Waals surface area contributed by atoms with Crippen molar-refractivity contribution < 1.29 is 9.47 Å². The van der Waals surface area contributed by atoms with E-state index in [0.29, 0.717) is 23.0 Å². The van der Waals surface area contributed by atoms with Gasteiger partial charge in [-0.3, -0.25) is 0 Å². The molecule has 1 aromatic heterocycles. The quantitative estimate of drug-likeness (QED) is 0.141. The van der Waals surface area contributed by atoms with Crippen molar-refractivity contribution in [3.05, 3.63) is 278 Å². The van der Waals surface area contributed by atoms with Crippen LogP contribution in [-0.2, 0) is 10.8 Å². The molecule has 0 bridgehead atoms. The van der Waals surface area contributed by atoms with Gasteiger partial charge in [0.25, 0.3) is 0 Å². The molecule has 0 atom stereocenters. The molecule has 0 amide bonds. The van der Waals surface area contributed by atoms with E-state index in [1.165, 1.54) is 64.6 Å². The fourth-order valence-corrected chi connectivity index (χ4v) is 16.0. The van der Waals surface area contributed by atoms with Gasteiger partial charge >= 0.3 is 6.85 Å². The van der Waals surface area contributed by atoms with Crippen molar-refractivity contribution in [2.75, 3.05) is 14.6 Å². The molecule has 0 radical (unpaired) electrons. The van der Waals surface area contributed by atoms with E-state index >= 15 is 0 Å². The molecule has 1 aliphatic carbocycles. The number of thiophene rings is 1. The number of hydrogen-bond donors (Lipinski definition) is 0. The van der Waals surface area contributed by atoms with Gasteiger partial charge in [0.05, 0.1) is 0 Å². The number of fused-ring (bicyclic) bond motifs is 11. The topological polar surface area (TPSA) is 28.2 Å². The Morgan fingerprint density at radius 2 is 0.955 bits per heavy atom. The lowest BCUT2D eigenvalue weighted by molar-refractivity contribution is 0.332. The second-order valence-electron chi connectivity index (χ2n) is 25.5. The number of para-hydroxylation sites is 3. The van der Waals surface area contributed by atoms with E-state index in [0.717, 1.165) is 86.1 Å². The van der Waals surface area contributed by atoms with Gasteiger partial charge in [-0.05, 0) is 170 Å². The van der Waals surface area contributed by atoms with Crippen molar-refractivity contribution in [1.82, 2.24) is 0 Å². The summed E-state index contributed by atoms with van der Waals surface area (Å²) in [4.78, 5) is 7.76. The molecule has 0 fully saturated rings. The molecule has 0 spiro atoms. The van der Waals surface area contributed by atoms with E-state index in [1.54, 1.807) is 0 Å². The summed E-state index contributed by atoms with van der Waals surface area (Å²) >= 11 is 1.90. The van der Waals surface area contributed by atoms with Crippen LogP contribution in [0, 0.1) is 6.92 Å². The fraction of sp³-hybridized carbons (Fsp3) is 0.111. The molecule has 0 saturated heterocycles. The van der Waals surface area contributed by atoms with Gasteiger partial charge < -0.3 is 24.1 Å². The van der Waals surface area contributed by atoms with Gasteiger partial charge in [-0.1, -0.05) is 204 Å². The second kappa shape index (κ2) is 20.0. The maximum absolute atomic E-state index is 7.01. The van der Waals surface area contributed by atoms with Crippen LogP contribution in [0.5, 0.6) is 23.0 Å². The molecule has 422 valence electrons. The van der Waals surface area contributed by atoms with E-state index in [1.807, 2.05) is 35.6 Å². The van der Waals surface area contributed by atoms with Gasteiger partial charge in [0.15, 0.2) is 23.0 Å². The van der Waals surface area contributed by atoms with E-state index in [4.69, 9.17) is 9.47 Å². The molecule has 5 nitrogen and oxygen atoms in total. The normalized spacial score (nSPS) is 14.6. The van der Waals surface area contributed by atoms with Gasteiger partial charge in [0, 0.05) is 82.9 Å². The number of aryl methyl sites for hydroxylation is 1. The minimum atomic E-state index is -0.349. The summed E-state index contributed by atoms with van der Waals surface area (Å²) in [5.41, 5.74) is 24.5. The third kappa shape index (κ3) is 8.28. The molecule has 88 heavy (non-hydrogen) atoms. The number of rotatable bonds is 8. The van der Waals surface area contributed by atoms with Crippen LogP contribution in [0.15, 0.2) is 261 Å². The number of anilines is 8. The lowest BCUT2D eigenvalue weighted by Crippen LogP contribution is -2.61. The summed E-state index contributed by atoms with van der Waals surface area (Å²) in [5, 5.41) is 2.51. The van der Waals surface area contributed by atoms with Gasteiger partial charge in [-0.15, -0.1) is 11.3 Å². The molecule has 0 saturated carbocycles. The first-order chi connectivity index (χ1) is 43.0. The van der Waals surface area contributed by atoms with Crippen molar-refractivity contribution in [1.29, 1.82) is 0 Å². The van der Waals surface area contributed by atoms with Crippen molar-refractivity contribution >= 4 is 94.8 Å². The van der Waals surface area contributed by atoms with Gasteiger partial charge in [0.1, 0.15) is 0 Å². The number of hydrogen-bond acceptors (Lipinski definition) is 6. The highest BCUT2D eigenvalue weighted by Gasteiger charge is 2.49. The molecular weight excluding hydrogens is 1090 g/mol. The zero-order valence-electron chi connectivity index (χ0n) is 49.9. The van der Waals surface area contributed by atoms with E-state index in [9.17, 15) is 0 Å². The third-order valence-corrected chi connectivity index (χ3v) is 20.5. The third-order valence-electron chi connectivity index (χ3n) is 19.3. The average Bonchev–Trinajstić information content (AvgIpc) is 0.917. The molecule has 0 unspecified atom stereocenters. The number of benzene rings is 12. The Kier molecular flexibility index (Phi) is 11.9. The Hall–Kier alpha value is -10.1. The van der Waals surface area contributed by atoms with Crippen LogP contribution in [-0.4, -0.2) is 6.85 Å². The lowest BCUT2D eigenvalue weighted by atomic mass is 9.43. The van der Waals surface area contributed by atoms with Crippen molar-refractivity contribution in [2.45, 2.75) is 58.3 Å². The molecule has 4 aliphatic rings. The average molecular weight is 1150 g/mol. The Balaban J connectivity index is 1.01. The van der Waals surface area contributed by atoms with Crippen molar-refractivity contribution in [2.24, 2.45) is 0 Å². The van der Waals surface area contributed by atoms with E-state index < -0.39 is 0 Å². The monoisotopic (exact) mass is 1150 g/mol. The van der Waals surface area contributed by atoms with Crippen LogP contribution in [0.1, 0.15) is 57.2 Å². The van der Waals surface area contributed by atoms with Gasteiger partial charge in [0.2, 0.25) is 0 Å². The summed E-state index contributed by atoms with van der Waals surface area (Å²) in [6.07, 6.45) is 2.22. The predicted octanol–water partition coefficient (Wildman–Crippen LogP) is 21.8. The highest BCUT2D eigenvalue weighted by atomic mass is 32.1. The fourth-order valence-electron chi connectivity index (χ4n) is 14.7. The molecule has 3 aliphatic heterocycles. The summed E-state index contributed by atoms with van der Waals surface area (Å²) in [5.74, 6) is 2.76. The molecule has 4 heterocycles. The van der Waals surface area contributed by atoms with E-state index in [2.05, 4.69) is 286 Å². The lowest BCUT2D eigenvalue weighted by Gasteiger charge is -2.48. The number of nitrogens with zero attached hydrogens (tertiary/aromatic N) is 3. The van der Waals surface area contributed by atoms with Crippen LogP contribution in [0.2, 0.25) is 0 Å². The Morgan fingerprint density at radius 1 is 0.409 bits per heavy atom. The number of ether oxygens (including phenoxy) is 2. The molecule has 12 aromatic carbocycles. The van der Waals surface area contributed by atoms with Crippen LogP contribution >= 0.6 is 11.3 Å². The predicted molar refractivity (Wildman–Crippen MR) is 371 cm³/mol. The zero-order chi connectivity index (χ0) is 59.0. The maximum atomic E-state index is 7.01. The first-order valence-electron chi connectivity index (χ1n) is 30.8. The van der Waals surface area contributed by atoms with Crippen molar-refractivity contribution in [3.63, 3.8) is 0 Å². The van der Waals surface area contributed by atoms with Crippen LogP contribution in [0.25, 0.3) is 64.7 Å². The summed E-state index contributed by atoms with van der Waals surface area (Å²) in [7, 11) is 0. The van der Waals surface area contributed by atoms with Crippen LogP contribution in [0.4, 0.5) is 45.5 Å². The highest BCUT2D eigenvalue weighted by molar-refractivity contribution is 7.26. The SMILES string of the molecule is Cc1cc2c(cc1N1c3cc4c(cc3B3c5c(cc(N(c6ccc(-c7ccccc7)cc6)c6ccc(-c7ccccc7)cc6)cc51)-c1c(ccc5c1sc1ccccc15)N3c1ccccc1-c1ccccc1)Oc1ccccc1O4)C(C)(C)CCC2(C)C. The zero-order valence-corrected chi connectivity index (χ0v) is 50.7. The second-order valence-corrected chi connectivity index (χ2v) is 26.5. The summed E-state index contributed by atoms with van der Waals surface area (Å²) in [6, 6.07) is 96.1. The summed E-state index contributed by atoms with van der Waals surface area (Å²) in [6.45, 7) is 11.7. The first kappa shape index (κ1) is 52.3. The van der Waals surface area contributed by atoms with Gasteiger partial charge in [-0.2, -0.15) is 0 Å². The minimum absolute atomic E-state index is 0.00830. The Morgan fingerprint density at radius 3 is 1.60 bits per heavy atom. The molecule has 13 aromatic rings. The first-order valence-corrected chi connectivity index (χ1v) is 31.6. The minimum Gasteiger partial charge on any atom is -0.450 e. The standard InChI is InChI=1S/C81H62BN3O2S/c1-51-45-64-65(81(4,5)44-43-80(64,2)3)48-69(51)84-70-50-75-74(86-72-30-18-19-31-73(72)87-75)49-66(70)82-78-63(77-68(42-41-62-61-28-16-20-32-76(61)88-79(62)77)85(82)67-29-17-15-27-60(67)56-25-13-8-14-26-56)46-59(47-71(78)84)83(57-37-33-54(34-38-57)52-21-9-6-10-22-52)58-39-35-55(36-40-58)53-23-11-7-12-24-53/h6-42,45-50H,43-44H2,1-5H3. The molecule has 7 heteroatoms. The van der Waals surface area contributed by atoms with Crippen molar-refractivity contribution in [3.8, 4) is 67.5 Å². The summed E-state index contributed by atoms with van der Waals surface area (Å²) < 4.78 is 16.5. The highest BCUT2D eigenvalue weighted by Crippen LogP contribution is 2.58. The molecular formula is C81H62BN3O2S. The van der Waals surface area contributed by atoms with Crippen LogP contribution < -0.4 is 35.0 Å². The maximum Gasteiger partial charge on any atom is 0.333 e. The van der Waals surface area contributed by atoms with E-state index in [-0.39, 0.29) is 17.7 Å². The molecule has 0 N–H and O–H groups in total. The van der Waals surface area contributed by atoms with Crippen LogP contribution in [0.3, 0.4) is 0 Å². The largest absolute Gasteiger partial charge is 0.450 e. The Labute approximate surface area is 519 Å².